The van der Waals surface area contributed by atoms with Crippen molar-refractivity contribution in [1.29, 1.82) is 0 Å². The summed E-state index contributed by atoms with van der Waals surface area (Å²) >= 11 is 0. The average molecular weight is 305 g/mol. The number of nitrogens with zero attached hydrogens (tertiary/aromatic N) is 1. The van der Waals surface area contributed by atoms with Crippen molar-refractivity contribution in [2.24, 2.45) is 0 Å². The first-order valence-electron chi connectivity index (χ1n) is 6.02. The molecule has 1 N–H and O–H groups in total. The Labute approximate surface area is 118 Å². The molecule has 1 amide bonds. The molecule has 5 nitrogen and oxygen atoms in total. The second kappa shape index (κ2) is 7.51. The average Bonchev–Trinajstić information content (AvgIpc) is 2.40. The third-order valence-electron chi connectivity index (χ3n) is 2.43. The maximum Gasteiger partial charge on any atom is 0.410 e. The van der Waals surface area contributed by atoms with E-state index in [2.05, 4.69) is 0 Å². The standard InChI is InChI=1S/C13H14F3NO4/c14-13(15,16)9-17(7-6-11(18)19)12(20)21-8-10-4-2-1-3-5-10/h1-5H,6-9H2,(H,18,19). The number of carbonyl (C=O) groups excluding carboxylic acids is 1. The summed E-state index contributed by atoms with van der Waals surface area (Å²) in [4.78, 5) is 22.4. The van der Waals surface area contributed by atoms with E-state index in [1.54, 1.807) is 30.3 Å². The van der Waals surface area contributed by atoms with E-state index in [0.29, 0.717) is 10.5 Å². The minimum Gasteiger partial charge on any atom is -0.481 e. The quantitative estimate of drug-likeness (QED) is 0.877. The molecule has 0 spiro atoms. The van der Waals surface area contributed by atoms with Crippen LogP contribution in [-0.4, -0.2) is 41.3 Å². The third kappa shape index (κ3) is 7.19. The molecule has 1 aromatic carbocycles. The van der Waals surface area contributed by atoms with E-state index in [4.69, 9.17) is 9.84 Å². The van der Waals surface area contributed by atoms with Crippen LogP contribution >= 0.6 is 0 Å². The number of rotatable bonds is 6. The van der Waals surface area contributed by atoms with Crippen LogP contribution in [0.3, 0.4) is 0 Å². The highest BCUT2D eigenvalue weighted by atomic mass is 19.4. The van der Waals surface area contributed by atoms with Gasteiger partial charge < -0.3 is 9.84 Å². The molecule has 116 valence electrons. The van der Waals surface area contributed by atoms with Crippen molar-refractivity contribution < 1.29 is 32.6 Å². The first kappa shape index (κ1) is 16.8. The highest BCUT2D eigenvalue weighted by molar-refractivity contribution is 5.70. The molecule has 0 aliphatic carbocycles. The number of halogens is 3. The van der Waals surface area contributed by atoms with Crippen LogP contribution in [0.2, 0.25) is 0 Å². The number of benzene rings is 1. The molecule has 0 heterocycles. The van der Waals surface area contributed by atoms with E-state index in [-0.39, 0.29) is 6.61 Å². The van der Waals surface area contributed by atoms with Gasteiger partial charge in [0.05, 0.1) is 6.42 Å². The summed E-state index contributed by atoms with van der Waals surface area (Å²) in [5.41, 5.74) is 0.621. The minimum absolute atomic E-state index is 0.179. The summed E-state index contributed by atoms with van der Waals surface area (Å²) in [6, 6.07) is 8.44. The zero-order valence-corrected chi connectivity index (χ0v) is 11.0. The number of alkyl halides is 3. The van der Waals surface area contributed by atoms with Gasteiger partial charge in [-0.2, -0.15) is 13.2 Å². The molecular formula is C13H14F3NO4. The number of ether oxygens (including phenoxy) is 1. The van der Waals surface area contributed by atoms with Crippen molar-refractivity contribution in [3.05, 3.63) is 35.9 Å². The molecule has 0 aromatic heterocycles. The number of carboxylic acid groups (broad SMARTS) is 1. The molecule has 0 radical (unpaired) electrons. The van der Waals surface area contributed by atoms with Gasteiger partial charge >= 0.3 is 18.2 Å². The van der Waals surface area contributed by atoms with Crippen LogP contribution in [0.1, 0.15) is 12.0 Å². The largest absolute Gasteiger partial charge is 0.481 e. The molecular weight excluding hydrogens is 291 g/mol. The number of aliphatic carboxylic acids is 1. The van der Waals surface area contributed by atoms with Gasteiger partial charge in [-0.1, -0.05) is 30.3 Å². The Morgan fingerprint density at radius 1 is 1.19 bits per heavy atom. The second-order valence-electron chi connectivity index (χ2n) is 4.22. The van der Waals surface area contributed by atoms with Gasteiger partial charge in [0.2, 0.25) is 0 Å². The van der Waals surface area contributed by atoms with Gasteiger partial charge in [-0.25, -0.2) is 4.79 Å². The van der Waals surface area contributed by atoms with E-state index >= 15 is 0 Å². The fourth-order valence-electron chi connectivity index (χ4n) is 1.49. The molecule has 0 saturated heterocycles. The molecule has 0 unspecified atom stereocenters. The maximum absolute atomic E-state index is 12.4. The van der Waals surface area contributed by atoms with Gasteiger partial charge in [0.15, 0.2) is 0 Å². The van der Waals surface area contributed by atoms with Gasteiger partial charge in [0, 0.05) is 6.54 Å². The lowest BCUT2D eigenvalue weighted by molar-refractivity contribution is -0.147. The van der Waals surface area contributed by atoms with E-state index in [9.17, 15) is 22.8 Å². The van der Waals surface area contributed by atoms with Crippen molar-refractivity contribution in [1.82, 2.24) is 4.90 Å². The first-order chi connectivity index (χ1) is 9.78. The number of amides is 1. The van der Waals surface area contributed by atoms with Gasteiger partial charge in [-0.15, -0.1) is 0 Å². The van der Waals surface area contributed by atoms with E-state index in [1.165, 1.54) is 0 Å². The smallest absolute Gasteiger partial charge is 0.410 e. The summed E-state index contributed by atoms with van der Waals surface area (Å²) < 4.78 is 41.8. The van der Waals surface area contributed by atoms with Crippen LogP contribution in [0.4, 0.5) is 18.0 Å². The van der Waals surface area contributed by atoms with Crippen molar-refractivity contribution in [2.75, 3.05) is 13.1 Å². The fourth-order valence-corrected chi connectivity index (χ4v) is 1.49. The Bertz CT molecular complexity index is 476. The lowest BCUT2D eigenvalue weighted by Gasteiger charge is -2.22. The monoisotopic (exact) mass is 305 g/mol. The Morgan fingerprint density at radius 3 is 2.33 bits per heavy atom. The SMILES string of the molecule is O=C(O)CCN(CC(F)(F)F)C(=O)OCc1ccccc1. The molecule has 8 heteroatoms. The van der Waals surface area contributed by atoms with Gasteiger partial charge in [-0.05, 0) is 5.56 Å². The number of carboxylic acids is 1. The van der Waals surface area contributed by atoms with E-state index in [1.807, 2.05) is 0 Å². The van der Waals surface area contributed by atoms with Gasteiger partial charge in [0.25, 0.3) is 0 Å². The van der Waals surface area contributed by atoms with Crippen LogP contribution in [0, 0.1) is 0 Å². The molecule has 0 bridgehead atoms. The van der Waals surface area contributed by atoms with Crippen LogP contribution in [0.5, 0.6) is 0 Å². The predicted molar refractivity (Wildman–Crippen MR) is 66.5 cm³/mol. The molecule has 1 aromatic rings. The van der Waals surface area contributed by atoms with Crippen molar-refractivity contribution in [2.45, 2.75) is 19.2 Å². The molecule has 1 rings (SSSR count). The molecule has 0 aliphatic rings. The highest BCUT2D eigenvalue weighted by Crippen LogP contribution is 2.17. The Morgan fingerprint density at radius 2 is 1.81 bits per heavy atom. The summed E-state index contributed by atoms with van der Waals surface area (Å²) in [7, 11) is 0. The molecule has 0 saturated carbocycles. The van der Waals surface area contributed by atoms with Gasteiger partial charge in [0.1, 0.15) is 13.2 Å². The Balaban J connectivity index is 2.59. The van der Waals surface area contributed by atoms with Crippen LogP contribution in [0.25, 0.3) is 0 Å². The third-order valence-corrected chi connectivity index (χ3v) is 2.43. The zero-order chi connectivity index (χ0) is 15.9. The van der Waals surface area contributed by atoms with Crippen molar-refractivity contribution in [3.63, 3.8) is 0 Å². The van der Waals surface area contributed by atoms with Crippen LogP contribution in [0.15, 0.2) is 30.3 Å². The van der Waals surface area contributed by atoms with Crippen LogP contribution < -0.4 is 0 Å². The number of hydrogen-bond acceptors (Lipinski definition) is 3. The summed E-state index contributed by atoms with van der Waals surface area (Å²) in [5, 5.41) is 8.49. The van der Waals surface area contributed by atoms with Crippen LogP contribution in [-0.2, 0) is 16.1 Å². The topological polar surface area (TPSA) is 66.8 Å². The molecule has 0 atom stereocenters. The highest BCUT2D eigenvalue weighted by Gasteiger charge is 2.33. The lowest BCUT2D eigenvalue weighted by atomic mass is 10.2. The second-order valence-corrected chi connectivity index (χ2v) is 4.22. The van der Waals surface area contributed by atoms with Crippen molar-refractivity contribution in [3.8, 4) is 0 Å². The molecule has 21 heavy (non-hydrogen) atoms. The Hall–Kier alpha value is -2.25. The normalized spacial score (nSPS) is 11.0. The Kier molecular flexibility index (Phi) is 6.01. The number of carbonyl (C=O) groups is 2. The molecule has 0 aliphatic heterocycles. The summed E-state index contributed by atoms with van der Waals surface area (Å²) in [6.45, 7) is -2.29. The maximum atomic E-state index is 12.4. The fraction of sp³-hybridized carbons (Fsp3) is 0.385. The van der Waals surface area contributed by atoms with E-state index in [0.717, 1.165) is 0 Å². The number of hydrogen-bond donors (Lipinski definition) is 1. The van der Waals surface area contributed by atoms with E-state index < -0.39 is 37.7 Å². The van der Waals surface area contributed by atoms with Crippen molar-refractivity contribution >= 4 is 12.1 Å². The summed E-state index contributed by atoms with van der Waals surface area (Å²) in [5.74, 6) is -1.29. The minimum atomic E-state index is -4.62. The lowest BCUT2D eigenvalue weighted by Crippen LogP contribution is -2.40. The summed E-state index contributed by atoms with van der Waals surface area (Å²) in [6.07, 6.45) is -6.40. The molecule has 0 fully saturated rings. The predicted octanol–water partition coefficient (Wildman–Crippen LogP) is 2.66. The zero-order valence-electron chi connectivity index (χ0n) is 11.0. The van der Waals surface area contributed by atoms with Gasteiger partial charge in [-0.3, -0.25) is 9.69 Å². The first-order valence-corrected chi connectivity index (χ1v) is 6.02.